The quantitative estimate of drug-likeness (QED) is 0.642. The highest BCUT2D eigenvalue weighted by Gasteiger charge is 2.22. The number of guanidine groups is 1. The van der Waals surface area contributed by atoms with E-state index < -0.39 is 0 Å². The van der Waals surface area contributed by atoms with Crippen molar-refractivity contribution >= 4 is 5.96 Å². The molecule has 5 nitrogen and oxygen atoms in total. The van der Waals surface area contributed by atoms with E-state index in [1.54, 1.807) is 0 Å². The molecule has 3 rings (SSSR count). The molecular weight excluding hydrogens is 238 g/mol. The third-order valence-corrected chi connectivity index (χ3v) is 3.94. The Balaban J connectivity index is 1.51. The molecule has 2 saturated carbocycles. The molecule has 1 aromatic rings. The van der Waals surface area contributed by atoms with Crippen LogP contribution in [-0.2, 0) is 6.54 Å². The number of aromatic nitrogens is 2. The Hall–Kier alpha value is -1.52. The molecule has 5 heteroatoms. The molecule has 0 spiro atoms. The maximum absolute atomic E-state index is 4.66. The van der Waals surface area contributed by atoms with E-state index in [1.165, 1.54) is 38.5 Å². The fourth-order valence-corrected chi connectivity index (χ4v) is 2.63. The third kappa shape index (κ3) is 3.28. The van der Waals surface area contributed by atoms with Crippen LogP contribution in [-0.4, -0.2) is 28.8 Å². The van der Waals surface area contributed by atoms with Crippen LogP contribution in [0.4, 0.5) is 0 Å². The third-order valence-electron chi connectivity index (χ3n) is 3.94. The lowest BCUT2D eigenvalue weighted by Crippen LogP contribution is -2.38. The molecule has 0 aliphatic heterocycles. The molecule has 104 valence electrons. The lowest BCUT2D eigenvalue weighted by molar-refractivity contribution is 0.462. The molecule has 0 saturated heterocycles. The molecule has 0 radical (unpaired) electrons. The van der Waals surface area contributed by atoms with Gasteiger partial charge < -0.3 is 10.6 Å². The van der Waals surface area contributed by atoms with Crippen molar-refractivity contribution < 1.29 is 0 Å². The van der Waals surface area contributed by atoms with Crippen LogP contribution in [0.1, 0.15) is 50.3 Å². The molecule has 1 aromatic heterocycles. The van der Waals surface area contributed by atoms with Crippen molar-refractivity contribution in [1.29, 1.82) is 0 Å². The Morgan fingerprint density at radius 1 is 1.37 bits per heavy atom. The van der Waals surface area contributed by atoms with Crippen molar-refractivity contribution in [2.45, 2.75) is 57.2 Å². The molecule has 0 aromatic carbocycles. The summed E-state index contributed by atoms with van der Waals surface area (Å²) in [7, 11) is 1.81. The van der Waals surface area contributed by atoms with Gasteiger partial charge >= 0.3 is 0 Å². The van der Waals surface area contributed by atoms with Crippen LogP contribution in [0.5, 0.6) is 0 Å². The summed E-state index contributed by atoms with van der Waals surface area (Å²) in [6.45, 7) is 0.742. The van der Waals surface area contributed by atoms with Gasteiger partial charge in [0.2, 0.25) is 0 Å². The van der Waals surface area contributed by atoms with Gasteiger partial charge in [-0.25, -0.2) is 0 Å². The zero-order chi connectivity index (χ0) is 13.1. The van der Waals surface area contributed by atoms with E-state index in [4.69, 9.17) is 0 Å². The number of rotatable bonds is 4. The largest absolute Gasteiger partial charge is 0.354 e. The van der Waals surface area contributed by atoms with E-state index in [0.29, 0.717) is 12.1 Å². The predicted molar refractivity (Wildman–Crippen MR) is 76.1 cm³/mol. The molecule has 1 heterocycles. The van der Waals surface area contributed by atoms with Gasteiger partial charge in [0.1, 0.15) is 0 Å². The summed E-state index contributed by atoms with van der Waals surface area (Å²) in [5, 5.41) is 11.4. The van der Waals surface area contributed by atoms with Crippen molar-refractivity contribution in [2.24, 2.45) is 4.99 Å². The Kier molecular flexibility index (Phi) is 3.71. The molecule has 19 heavy (non-hydrogen) atoms. The first kappa shape index (κ1) is 12.5. The van der Waals surface area contributed by atoms with Crippen molar-refractivity contribution in [3.63, 3.8) is 0 Å². The molecule has 0 unspecified atom stereocenters. The number of hydrogen-bond acceptors (Lipinski definition) is 2. The van der Waals surface area contributed by atoms with Crippen LogP contribution in [0.2, 0.25) is 0 Å². The molecular formula is C14H23N5. The van der Waals surface area contributed by atoms with Gasteiger partial charge in [0.25, 0.3) is 0 Å². The van der Waals surface area contributed by atoms with Gasteiger partial charge in [-0.05, 0) is 31.7 Å². The number of nitrogens with zero attached hydrogens (tertiary/aromatic N) is 3. The summed E-state index contributed by atoms with van der Waals surface area (Å²) in [6.07, 6.45) is 9.88. The predicted octanol–water partition coefficient (Wildman–Crippen LogP) is 1.83. The number of hydrogen-bond donors (Lipinski definition) is 2. The van der Waals surface area contributed by atoms with Gasteiger partial charge in [0.05, 0.1) is 18.3 Å². The molecule has 0 atom stereocenters. The highest BCUT2D eigenvalue weighted by Crippen LogP contribution is 2.28. The minimum atomic E-state index is 0.623. The van der Waals surface area contributed by atoms with Crippen molar-refractivity contribution in [3.05, 3.63) is 18.0 Å². The van der Waals surface area contributed by atoms with E-state index in [1.807, 2.05) is 7.05 Å². The standard InChI is InChI=1S/C14H23N5/c1-15-14(17-11-6-7-11)16-10-12-8-9-19(18-12)13-4-2-3-5-13/h8-9,11,13H,2-7,10H2,1H3,(H2,15,16,17). The van der Waals surface area contributed by atoms with Crippen LogP contribution >= 0.6 is 0 Å². The Morgan fingerprint density at radius 3 is 2.84 bits per heavy atom. The Bertz CT molecular complexity index is 440. The second-order valence-electron chi connectivity index (χ2n) is 5.57. The molecule has 2 aliphatic carbocycles. The first-order valence-corrected chi connectivity index (χ1v) is 7.36. The van der Waals surface area contributed by atoms with Crippen molar-refractivity contribution in [1.82, 2.24) is 20.4 Å². The molecule has 0 amide bonds. The molecule has 2 N–H and O–H groups in total. The zero-order valence-electron chi connectivity index (χ0n) is 11.6. The Morgan fingerprint density at radius 2 is 2.16 bits per heavy atom. The number of aliphatic imine (C=N–C) groups is 1. The molecule has 2 fully saturated rings. The summed E-state index contributed by atoms with van der Waals surface area (Å²) in [4.78, 5) is 4.23. The fraction of sp³-hybridized carbons (Fsp3) is 0.714. The van der Waals surface area contributed by atoms with Crippen LogP contribution in [0.25, 0.3) is 0 Å². The first-order valence-electron chi connectivity index (χ1n) is 7.36. The fourth-order valence-electron chi connectivity index (χ4n) is 2.63. The van der Waals surface area contributed by atoms with Gasteiger partial charge in [-0.15, -0.1) is 0 Å². The van der Waals surface area contributed by atoms with Crippen LogP contribution in [0, 0.1) is 0 Å². The van der Waals surface area contributed by atoms with E-state index in [2.05, 4.69) is 37.7 Å². The minimum absolute atomic E-state index is 0.623. The zero-order valence-corrected chi connectivity index (χ0v) is 11.6. The van der Waals surface area contributed by atoms with Crippen molar-refractivity contribution in [3.8, 4) is 0 Å². The van der Waals surface area contributed by atoms with Gasteiger partial charge in [0, 0.05) is 19.3 Å². The second kappa shape index (κ2) is 5.63. The number of nitrogens with one attached hydrogen (secondary N) is 2. The van der Waals surface area contributed by atoms with Crippen LogP contribution in [0.3, 0.4) is 0 Å². The Labute approximate surface area is 114 Å². The summed E-state index contributed by atoms with van der Waals surface area (Å²) in [5.41, 5.74) is 1.09. The van der Waals surface area contributed by atoms with E-state index in [-0.39, 0.29) is 0 Å². The van der Waals surface area contributed by atoms with Crippen LogP contribution < -0.4 is 10.6 Å². The summed E-state index contributed by atoms with van der Waals surface area (Å²) in [5.74, 6) is 0.887. The SMILES string of the molecule is CN=C(NCc1ccn(C2CCCC2)n1)NC1CC1. The highest BCUT2D eigenvalue weighted by molar-refractivity contribution is 5.80. The maximum atomic E-state index is 4.66. The minimum Gasteiger partial charge on any atom is -0.354 e. The molecule has 0 bridgehead atoms. The van der Waals surface area contributed by atoms with Gasteiger partial charge in [0.15, 0.2) is 5.96 Å². The van der Waals surface area contributed by atoms with Gasteiger partial charge in [-0.2, -0.15) is 5.10 Å². The molecule has 2 aliphatic rings. The lowest BCUT2D eigenvalue weighted by Gasteiger charge is -2.10. The maximum Gasteiger partial charge on any atom is 0.191 e. The summed E-state index contributed by atoms with van der Waals surface area (Å²) >= 11 is 0. The average Bonchev–Trinajstić information content (AvgIpc) is 2.94. The van der Waals surface area contributed by atoms with Crippen molar-refractivity contribution in [2.75, 3.05) is 7.05 Å². The lowest BCUT2D eigenvalue weighted by atomic mass is 10.3. The van der Waals surface area contributed by atoms with E-state index in [9.17, 15) is 0 Å². The van der Waals surface area contributed by atoms with E-state index in [0.717, 1.165) is 18.2 Å². The summed E-state index contributed by atoms with van der Waals surface area (Å²) < 4.78 is 2.14. The average molecular weight is 261 g/mol. The second-order valence-corrected chi connectivity index (χ2v) is 5.57. The normalized spacial score (nSPS) is 20.8. The van der Waals surface area contributed by atoms with Crippen LogP contribution in [0.15, 0.2) is 17.3 Å². The van der Waals surface area contributed by atoms with E-state index >= 15 is 0 Å². The van der Waals surface area contributed by atoms with Gasteiger partial charge in [-0.1, -0.05) is 12.8 Å². The highest BCUT2D eigenvalue weighted by atomic mass is 15.3. The first-order chi connectivity index (χ1) is 9.35. The monoisotopic (exact) mass is 261 g/mol. The van der Waals surface area contributed by atoms with Gasteiger partial charge in [-0.3, -0.25) is 9.67 Å². The smallest absolute Gasteiger partial charge is 0.191 e. The topological polar surface area (TPSA) is 54.2 Å². The summed E-state index contributed by atoms with van der Waals surface area (Å²) in [6, 6.07) is 3.36.